The van der Waals surface area contributed by atoms with Crippen LogP contribution < -0.4 is 21.1 Å². The van der Waals surface area contributed by atoms with Crippen LogP contribution in [0.2, 0.25) is 0 Å². The lowest BCUT2D eigenvalue weighted by Gasteiger charge is -2.21. The van der Waals surface area contributed by atoms with E-state index in [2.05, 4.69) is 10.6 Å². The van der Waals surface area contributed by atoms with Crippen LogP contribution in [-0.4, -0.2) is 30.3 Å². The first kappa shape index (κ1) is 11.5. The second-order valence-electron chi connectivity index (χ2n) is 4.00. The summed E-state index contributed by atoms with van der Waals surface area (Å²) in [6.07, 6.45) is 0. The predicted molar refractivity (Wildman–Crippen MR) is 65.1 cm³/mol. The number of ether oxygens (including phenoxy) is 1. The number of fused-ring (bicyclic) bond motifs is 1. The molecule has 6 heteroatoms. The Morgan fingerprint density at radius 2 is 2.41 bits per heavy atom. The molecule has 5 N–H and O–H groups in total. The molecule has 1 atom stereocenters. The minimum absolute atomic E-state index is 0.000611. The molecule has 0 fully saturated rings. The third-order valence-electron chi connectivity index (χ3n) is 2.46. The van der Waals surface area contributed by atoms with Gasteiger partial charge < -0.3 is 26.2 Å². The molecule has 0 saturated heterocycles. The average Bonchev–Trinajstić information content (AvgIpc) is 2.30. The van der Waals surface area contributed by atoms with Crippen molar-refractivity contribution in [3.63, 3.8) is 0 Å². The molecular weight excluding hydrogens is 222 g/mol. The Hall–Kier alpha value is -1.95. The summed E-state index contributed by atoms with van der Waals surface area (Å²) in [5.41, 5.74) is 7.61. The lowest BCUT2D eigenvalue weighted by Crippen LogP contribution is -2.26. The number of rotatable bonds is 3. The summed E-state index contributed by atoms with van der Waals surface area (Å²) in [6.45, 7) is 1.83. The molecule has 1 aliphatic rings. The number of nitrogen functional groups attached to an aromatic ring is 1. The van der Waals surface area contributed by atoms with Crippen LogP contribution in [0.15, 0.2) is 12.1 Å². The zero-order valence-electron chi connectivity index (χ0n) is 9.49. The third-order valence-corrected chi connectivity index (χ3v) is 2.46. The van der Waals surface area contributed by atoms with E-state index in [1.165, 1.54) is 0 Å². The van der Waals surface area contributed by atoms with E-state index in [4.69, 9.17) is 15.6 Å². The number of hydrogen-bond acceptors (Lipinski definition) is 5. The zero-order chi connectivity index (χ0) is 12.4. The van der Waals surface area contributed by atoms with E-state index in [0.29, 0.717) is 22.8 Å². The van der Waals surface area contributed by atoms with E-state index in [9.17, 15) is 4.79 Å². The van der Waals surface area contributed by atoms with Crippen molar-refractivity contribution < 1.29 is 14.6 Å². The number of aliphatic hydroxyl groups excluding tert-OH is 1. The van der Waals surface area contributed by atoms with Gasteiger partial charge in [-0.3, -0.25) is 4.79 Å². The molecule has 1 amide bonds. The highest BCUT2D eigenvalue weighted by molar-refractivity contribution is 5.97. The molecule has 17 heavy (non-hydrogen) atoms. The molecule has 0 aliphatic carbocycles. The Labute approximate surface area is 98.8 Å². The highest BCUT2D eigenvalue weighted by Gasteiger charge is 2.18. The van der Waals surface area contributed by atoms with Gasteiger partial charge in [-0.1, -0.05) is 0 Å². The van der Waals surface area contributed by atoms with E-state index < -0.39 is 0 Å². The SMILES string of the molecule is CC(CO)Nc1cc2c(cc1N)OCC(=O)N2. The predicted octanol–water partition coefficient (Wildman–Crippen LogP) is 0.392. The standard InChI is InChI=1S/C11H15N3O3/c1-6(4-15)13-8-3-9-10(2-7(8)12)17-5-11(16)14-9/h2-3,6,13,15H,4-5,12H2,1H3,(H,14,16). The third kappa shape index (κ3) is 2.42. The number of nitrogens with two attached hydrogens (primary N) is 1. The van der Waals surface area contributed by atoms with Crippen molar-refractivity contribution in [1.82, 2.24) is 0 Å². The molecule has 1 aliphatic heterocycles. The van der Waals surface area contributed by atoms with Crippen molar-refractivity contribution in [2.24, 2.45) is 0 Å². The quantitative estimate of drug-likeness (QED) is 0.570. The van der Waals surface area contributed by atoms with E-state index in [0.717, 1.165) is 0 Å². The molecule has 1 aromatic rings. The molecule has 1 aromatic carbocycles. The molecule has 2 rings (SSSR count). The first-order valence-electron chi connectivity index (χ1n) is 5.33. The number of carbonyl (C=O) groups is 1. The highest BCUT2D eigenvalue weighted by Crippen LogP contribution is 2.35. The number of hydrogen-bond donors (Lipinski definition) is 4. The smallest absolute Gasteiger partial charge is 0.262 e. The fourth-order valence-electron chi connectivity index (χ4n) is 1.58. The summed E-state index contributed by atoms with van der Waals surface area (Å²) in [6, 6.07) is 3.24. The van der Waals surface area contributed by atoms with Crippen molar-refractivity contribution >= 4 is 23.0 Å². The van der Waals surface area contributed by atoms with E-state index >= 15 is 0 Å². The van der Waals surface area contributed by atoms with Crippen LogP contribution in [0.5, 0.6) is 5.75 Å². The summed E-state index contributed by atoms with van der Waals surface area (Å²) in [7, 11) is 0. The van der Waals surface area contributed by atoms with Crippen molar-refractivity contribution in [2.45, 2.75) is 13.0 Å². The number of amides is 1. The van der Waals surface area contributed by atoms with Gasteiger partial charge in [-0.15, -0.1) is 0 Å². The molecule has 0 aromatic heterocycles. The average molecular weight is 237 g/mol. The summed E-state index contributed by atoms with van der Waals surface area (Å²) < 4.78 is 5.23. The van der Waals surface area contributed by atoms with E-state index in [1.54, 1.807) is 12.1 Å². The van der Waals surface area contributed by atoms with Gasteiger partial charge in [0.25, 0.3) is 5.91 Å². The number of aliphatic hydroxyl groups is 1. The van der Waals surface area contributed by atoms with Crippen molar-refractivity contribution in [3.8, 4) is 5.75 Å². The van der Waals surface area contributed by atoms with Crippen LogP contribution in [0.25, 0.3) is 0 Å². The molecule has 6 nitrogen and oxygen atoms in total. The van der Waals surface area contributed by atoms with E-state index in [-0.39, 0.29) is 25.2 Å². The van der Waals surface area contributed by atoms with Gasteiger partial charge in [0.15, 0.2) is 6.61 Å². The molecule has 92 valence electrons. The van der Waals surface area contributed by atoms with Crippen LogP contribution in [0.1, 0.15) is 6.92 Å². The largest absolute Gasteiger partial charge is 0.482 e. The Kier molecular flexibility index (Phi) is 3.06. The van der Waals surface area contributed by atoms with Crippen LogP contribution in [0.4, 0.5) is 17.1 Å². The van der Waals surface area contributed by atoms with Crippen molar-refractivity contribution in [2.75, 3.05) is 29.6 Å². The number of nitrogens with one attached hydrogen (secondary N) is 2. The zero-order valence-corrected chi connectivity index (χ0v) is 9.49. The lowest BCUT2D eigenvalue weighted by atomic mass is 10.2. The maximum Gasteiger partial charge on any atom is 0.262 e. The Morgan fingerprint density at radius 3 is 3.12 bits per heavy atom. The summed E-state index contributed by atoms with van der Waals surface area (Å²) in [4.78, 5) is 11.2. The second-order valence-corrected chi connectivity index (χ2v) is 4.00. The molecule has 1 heterocycles. The van der Waals surface area contributed by atoms with Gasteiger partial charge >= 0.3 is 0 Å². The molecular formula is C11H15N3O3. The van der Waals surface area contributed by atoms with Crippen molar-refractivity contribution in [3.05, 3.63) is 12.1 Å². The van der Waals surface area contributed by atoms with Crippen LogP contribution in [0, 0.1) is 0 Å². The van der Waals surface area contributed by atoms with Gasteiger partial charge in [0.1, 0.15) is 5.75 Å². The second kappa shape index (κ2) is 4.50. The van der Waals surface area contributed by atoms with Gasteiger partial charge in [0, 0.05) is 12.1 Å². The van der Waals surface area contributed by atoms with Crippen LogP contribution >= 0.6 is 0 Å². The summed E-state index contributed by atoms with van der Waals surface area (Å²) >= 11 is 0. The Morgan fingerprint density at radius 1 is 1.65 bits per heavy atom. The minimum atomic E-state index is -0.191. The fraction of sp³-hybridized carbons (Fsp3) is 0.364. The molecule has 0 radical (unpaired) electrons. The summed E-state index contributed by atoms with van der Waals surface area (Å²) in [5.74, 6) is 0.368. The molecule has 0 saturated carbocycles. The number of benzene rings is 1. The van der Waals surface area contributed by atoms with Crippen LogP contribution in [-0.2, 0) is 4.79 Å². The normalized spacial score (nSPS) is 15.5. The first-order valence-corrected chi connectivity index (χ1v) is 5.33. The topological polar surface area (TPSA) is 96.6 Å². The van der Waals surface area contributed by atoms with Gasteiger partial charge in [0.05, 0.1) is 23.7 Å². The first-order chi connectivity index (χ1) is 8.10. The fourth-order valence-corrected chi connectivity index (χ4v) is 1.58. The monoisotopic (exact) mass is 237 g/mol. The van der Waals surface area contributed by atoms with Gasteiger partial charge in [-0.25, -0.2) is 0 Å². The van der Waals surface area contributed by atoms with Gasteiger partial charge in [0.2, 0.25) is 0 Å². The Bertz CT molecular complexity index is 448. The molecule has 1 unspecified atom stereocenters. The number of carbonyl (C=O) groups excluding carboxylic acids is 1. The van der Waals surface area contributed by atoms with E-state index in [1.807, 2.05) is 6.92 Å². The minimum Gasteiger partial charge on any atom is -0.482 e. The number of anilines is 3. The van der Waals surface area contributed by atoms with Crippen LogP contribution in [0.3, 0.4) is 0 Å². The maximum absolute atomic E-state index is 11.2. The summed E-state index contributed by atoms with van der Waals surface area (Å²) in [5, 5.41) is 14.7. The molecule has 0 spiro atoms. The maximum atomic E-state index is 11.2. The Balaban J connectivity index is 2.29. The van der Waals surface area contributed by atoms with Gasteiger partial charge in [-0.05, 0) is 13.0 Å². The molecule has 0 bridgehead atoms. The van der Waals surface area contributed by atoms with Gasteiger partial charge in [-0.2, -0.15) is 0 Å². The van der Waals surface area contributed by atoms with Crippen molar-refractivity contribution in [1.29, 1.82) is 0 Å². The lowest BCUT2D eigenvalue weighted by molar-refractivity contribution is -0.118. The highest BCUT2D eigenvalue weighted by atomic mass is 16.5.